The van der Waals surface area contributed by atoms with Crippen molar-refractivity contribution >= 4 is 5.91 Å². The average Bonchev–Trinajstić information content (AvgIpc) is 3.12. The van der Waals surface area contributed by atoms with Crippen LogP contribution in [0.2, 0.25) is 0 Å². The van der Waals surface area contributed by atoms with Gasteiger partial charge >= 0.3 is 0 Å². The second-order valence-electron chi connectivity index (χ2n) is 7.57. The van der Waals surface area contributed by atoms with Crippen molar-refractivity contribution < 1.29 is 4.79 Å². The SMILES string of the molecule is CC(C)N(CC1CCCN1)C(=O)CC1CC2CCC1C2. The molecule has 1 N–H and O–H groups in total. The molecule has 4 unspecified atom stereocenters. The number of fused-ring (bicyclic) bond motifs is 2. The maximum Gasteiger partial charge on any atom is 0.223 e. The molecule has 0 aromatic carbocycles. The lowest BCUT2D eigenvalue weighted by Gasteiger charge is -2.32. The third kappa shape index (κ3) is 3.03. The van der Waals surface area contributed by atoms with Gasteiger partial charge in [0.2, 0.25) is 5.91 Å². The van der Waals surface area contributed by atoms with Crippen LogP contribution >= 0.6 is 0 Å². The summed E-state index contributed by atoms with van der Waals surface area (Å²) in [6, 6.07) is 0.866. The molecule has 3 aliphatic rings. The summed E-state index contributed by atoms with van der Waals surface area (Å²) in [5.41, 5.74) is 0. The Kier molecular flexibility index (Phi) is 4.34. The Morgan fingerprint density at radius 3 is 2.65 bits per heavy atom. The highest BCUT2D eigenvalue weighted by atomic mass is 16.2. The van der Waals surface area contributed by atoms with Crippen molar-refractivity contribution in [1.82, 2.24) is 10.2 Å². The van der Waals surface area contributed by atoms with E-state index in [1.807, 2.05) is 0 Å². The average molecular weight is 278 g/mol. The summed E-state index contributed by atoms with van der Waals surface area (Å²) in [6.45, 7) is 6.36. The molecule has 1 heterocycles. The van der Waals surface area contributed by atoms with Gasteiger partial charge in [0.25, 0.3) is 0 Å². The molecule has 0 spiro atoms. The fraction of sp³-hybridized carbons (Fsp3) is 0.941. The molecule has 2 aliphatic carbocycles. The zero-order valence-electron chi connectivity index (χ0n) is 13.1. The van der Waals surface area contributed by atoms with E-state index in [0.717, 1.165) is 31.3 Å². The zero-order chi connectivity index (χ0) is 14.1. The largest absolute Gasteiger partial charge is 0.339 e. The minimum atomic E-state index is 0.337. The minimum absolute atomic E-state index is 0.337. The highest BCUT2D eigenvalue weighted by molar-refractivity contribution is 5.77. The maximum atomic E-state index is 12.7. The number of carbonyl (C=O) groups is 1. The van der Waals surface area contributed by atoms with Crippen LogP contribution in [0.25, 0.3) is 0 Å². The van der Waals surface area contributed by atoms with E-state index in [1.165, 1.54) is 38.5 Å². The standard InChI is InChI=1S/C17H30N2O/c1-12(2)19(11-16-4-3-7-18-16)17(20)10-15-9-13-5-6-14(15)8-13/h12-16,18H,3-11H2,1-2H3. The van der Waals surface area contributed by atoms with Gasteiger partial charge in [0.05, 0.1) is 0 Å². The van der Waals surface area contributed by atoms with Crippen LogP contribution in [0.4, 0.5) is 0 Å². The van der Waals surface area contributed by atoms with E-state index in [4.69, 9.17) is 0 Å². The predicted molar refractivity (Wildman–Crippen MR) is 81.4 cm³/mol. The lowest BCUT2D eigenvalue weighted by Crippen LogP contribution is -2.45. The minimum Gasteiger partial charge on any atom is -0.339 e. The second-order valence-corrected chi connectivity index (χ2v) is 7.57. The fourth-order valence-electron chi connectivity index (χ4n) is 4.72. The first-order chi connectivity index (χ1) is 9.63. The topological polar surface area (TPSA) is 32.3 Å². The van der Waals surface area contributed by atoms with Crippen molar-refractivity contribution in [3.05, 3.63) is 0 Å². The molecule has 3 heteroatoms. The Bertz CT molecular complexity index is 349. The Labute approximate surface area is 123 Å². The molecule has 1 aliphatic heterocycles. The molecule has 0 aromatic rings. The van der Waals surface area contributed by atoms with Gasteiger partial charge in [0, 0.05) is 25.0 Å². The third-order valence-electron chi connectivity index (χ3n) is 5.84. The summed E-state index contributed by atoms with van der Waals surface area (Å²) >= 11 is 0. The summed E-state index contributed by atoms with van der Waals surface area (Å²) in [7, 11) is 0. The maximum absolute atomic E-state index is 12.7. The predicted octanol–water partition coefficient (Wildman–Crippen LogP) is 2.80. The van der Waals surface area contributed by atoms with Gasteiger partial charge in [-0.1, -0.05) is 6.42 Å². The molecule has 3 fully saturated rings. The van der Waals surface area contributed by atoms with Crippen LogP contribution in [0.1, 0.15) is 58.8 Å². The molecular weight excluding hydrogens is 248 g/mol. The summed E-state index contributed by atoms with van der Waals surface area (Å²) in [6.07, 6.45) is 8.84. The number of hydrogen-bond donors (Lipinski definition) is 1. The van der Waals surface area contributed by atoms with Gasteiger partial charge in [0.1, 0.15) is 0 Å². The van der Waals surface area contributed by atoms with Crippen LogP contribution in [0.15, 0.2) is 0 Å². The molecule has 0 radical (unpaired) electrons. The fourth-order valence-corrected chi connectivity index (χ4v) is 4.72. The van der Waals surface area contributed by atoms with Gasteiger partial charge in [-0.05, 0) is 70.3 Å². The number of amides is 1. The molecule has 1 saturated heterocycles. The number of nitrogens with one attached hydrogen (secondary N) is 1. The zero-order valence-corrected chi connectivity index (χ0v) is 13.1. The van der Waals surface area contributed by atoms with Crippen LogP contribution in [-0.2, 0) is 4.79 Å². The Morgan fingerprint density at radius 1 is 1.25 bits per heavy atom. The molecule has 2 bridgehead atoms. The van der Waals surface area contributed by atoms with E-state index < -0.39 is 0 Å². The summed E-state index contributed by atoms with van der Waals surface area (Å²) in [5.74, 6) is 2.91. The van der Waals surface area contributed by atoms with Gasteiger partial charge < -0.3 is 10.2 Å². The molecule has 4 atom stereocenters. The molecule has 114 valence electrons. The van der Waals surface area contributed by atoms with E-state index >= 15 is 0 Å². The Balaban J connectivity index is 1.54. The second kappa shape index (κ2) is 6.05. The van der Waals surface area contributed by atoms with Gasteiger partial charge in [-0.2, -0.15) is 0 Å². The van der Waals surface area contributed by atoms with Crippen molar-refractivity contribution in [1.29, 1.82) is 0 Å². The van der Waals surface area contributed by atoms with Crippen LogP contribution in [-0.4, -0.2) is 36.0 Å². The van der Waals surface area contributed by atoms with Crippen molar-refractivity contribution in [3.63, 3.8) is 0 Å². The van der Waals surface area contributed by atoms with Gasteiger partial charge in [0.15, 0.2) is 0 Å². The number of nitrogens with zero attached hydrogens (tertiary/aromatic N) is 1. The number of rotatable bonds is 5. The van der Waals surface area contributed by atoms with E-state index in [-0.39, 0.29) is 0 Å². The first kappa shape index (κ1) is 14.4. The number of hydrogen-bond acceptors (Lipinski definition) is 2. The normalized spacial score (nSPS) is 36.0. The molecular formula is C17H30N2O. The molecule has 20 heavy (non-hydrogen) atoms. The summed E-state index contributed by atoms with van der Waals surface area (Å²) in [5, 5.41) is 3.52. The first-order valence-corrected chi connectivity index (χ1v) is 8.66. The van der Waals surface area contributed by atoms with E-state index in [0.29, 0.717) is 23.9 Å². The summed E-state index contributed by atoms with van der Waals surface area (Å²) in [4.78, 5) is 14.8. The highest BCUT2D eigenvalue weighted by Gasteiger charge is 2.40. The van der Waals surface area contributed by atoms with Crippen molar-refractivity contribution in [2.75, 3.05) is 13.1 Å². The molecule has 2 saturated carbocycles. The summed E-state index contributed by atoms with van der Waals surface area (Å²) < 4.78 is 0. The highest BCUT2D eigenvalue weighted by Crippen LogP contribution is 2.49. The van der Waals surface area contributed by atoms with Crippen LogP contribution in [0.3, 0.4) is 0 Å². The Hall–Kier alpha value is -0.570. The Morgan fingerprint density at radius 2 is 2.10 bits per heavy atom. The van der Waals surface area contributed by atoms with E-state index in [1.54, 1.807) is 0 Å². The van der Waals surface area contributed by atoms with Crippen LogP contribution in [0, 0.1) is 17.8 Å². The van der Waals surface area contributed by atoms with E-state index in [9.17, 15) is 4.79 Å². The van der Waals surface area contributed by atoms with Crippen LogP contribution < -0.4 is 5.32 Å². The lowest BCUT2D eigenvalue weighted by molar-refractivity contribution is -0.134. The van der Waals surface area contributed by atoms with Gasteiger partial charge in [-0.25, -0.2) is 0 Å². The van der Waals surface area contributed by atoms with Crippen LogP contribution in [0.5, 0.6) is 0 Å². The first-order valence-electron chi connectivity index (χ1n) is 8.66. The van der Waals surface area contributed by atoms with Crippen molar-refractivity contribution in [2.24, 2.45) is 17.8 Å². The molecule has 3 nitrogen and oxygen atoms in total. The quantitative estimate of drug-likeness (QED) is 0.838. The third-order valence-corrected chi connectivity index (χ3v) is 5.84. The smallest absolute Gasteiger partial charge is 0.223 e. The lowest BCUT2D eigenvalue weighted by atomic mass is 9.86. The van der Waals surface area contributed by atoms with E-state index in [2.05, 4.69) is 24.1 Å². The monoisotopic (exact) mass is 278 g/mol. The number of carbonyl (C=O) groups excluding carboxylic acids is 1. The molecule has 3 rings (SSSR count). The molecule has 0 aromatic heterocycles. The van der Waals surface area contributed by atoms with Crippen molar-refractivity contribution in [3.8, 4) is 0 Å². The molecule has 1 amide bonds. The van der Waals surface area contributed by atoms with Gasteiger partial charge in [-0.15, -0.1) is 0 Å². The van der Waals surface area contributed by atoms with Gasteiger partial charge in [-0.3, -0.25) is 4.79 Å². The van der Waals surface area contributed by atoms with Crippen molar-refractivity contribution in [2.45, 2.75) is 70.9 Å².